The number of para-hydroxylation sites is 1. The van der Waals surface area contributed by atoms with Crippen LogP contribution in [-0.4, -0.2) is 29.1 Å². The second-order valence-electron chi connectivity index (χ2n) is 6.46. The highest BCUT2D eigenvalue weighted by Crippen LogP contribution is 2.30. The van der Waals surface area contributed by atoms with Gasteiger partial charge in [-0.15, -0.1) is 0 Å². The van der Waals surface area contributed by atoms with Crippen LogP contribution in [0.25, 0.3) is 0 Å². The molecule has 1 aliphatic rings. The van der Waals surface area contributed by atoms with Gasteiger partial charge in [-0.05, 0) is 51.7 Å². The van der Waals surface area contributed by atoms with Gasteiger partial charge in [0.1, 0.15) is 17.5 Å². The maximum absolute atomic E-state index is 4.75. The minimum Gasteiger partial charge on any atom is -0.353 e. The Balaban J connectivity index is 1.96. The monoisotopic (exact) mass is 324 g/mol. The number of aryl methyl sites for hydroxylation is 1. The van der Waals surface area contributed by atoms with E-state index in [-0.39, 0.29) is 0 Å². The molecule has 1 aromatic heterocycles. The maximum Gasteiger partial charge on any atom is 0.138 e. The summed E-state index contributed by atoms with van der Waals surface area (Å²) in [5.41, 5.74) is 1.18. The summed E-state index contributed by atoms with van der Waals surface area (Å²) in [6.45, 7) is 8.43. The SMILES string of the molecule is CCC1CCCCN1c1cc(N(CC)c2ccccc2)nc(C)n1. The molecule has 4 nitrogen and oxygen atoms in total. The molecule has 24 heavy (non-hydrogen) atoms. The molecule has 2 aromatic rings. The lowest BCUT2D eigenvalue weighted by molar-refractivity contribution is 0.446. The number of piperidine rings is 1. The normalized spacial score (nSPS) is 17.8. The molecule has 1 aromatic carbocycles. The van der Waals surface area contributed by atoms with Crippen LogP contribution in [0.1, 0.15) is 45.4 Å². The van der Waals surface area contributed by atoms with Crippen LogP contribution < -0.4 is 9.80 Å². The van der Waals surface area contributed by atoms with E-state index in [1.165, 1.54) is 31.4 Å². The van der Waals surface area contributed by atoms with Crippen molar-refractivity contribution >= 4 is 17.3 Å². The van der Waals surface area contributed by atoms with Crippen molar-refractivity contribution in [3.8, 4) is 0 Å². The molecule has 1 fully saturated rings. The molecule has 0 saturated carbocycles. The van der Waals surface area contributed by atoms with E-state index < -0.39 is 0 Å². The van der Waals surface area contributed by atoms with Gasteiger partial charge in [0, 0.05) is 30.9 Å². The summed E-state index contributed by atoms with van der Waals surface area (Å²) in [5.74, 6) is 2.92. The number of hydrogen-bond donors (Lipinski definition) is 0. The van der Waals surface area contributed by atoms with Gasteiger partial charge in [0.15, 0.2) is 0 Å². The Hall–Kier alpha value is -2.10. The van der Waals surface area contributed by atoms with Crippen molar-refractivity contribution < 1.29 is 0 Å². The first-order valence-electron chi connectivity index (χ1n) is 9.17. The van der Waals surface area contributed by atoms with E-state index in [0.29, 0.717) is 6.04 Å². The predicted octanol–water partition coefficient (Wildman–Crippen LogP) is 4.71. The van der Waals surface area contributed by atoms with Crippen LogP contribution in [-0.2, 0) is 0 Å². The van der Waals surface area contributed by atoms with Gasteiger partial charge in [0.05, 0.1) is 0 Å². The molecule has 1 aliphatic heterocycles. The number of hydrogen-bond acceptors (Lipinski definition) is 4. The summed E-state index contributed by atoms with van der Waals surface area (Å²) in [4.78, 5) is 14.2. The van der Waals surface area contributed by atoms with Gasteiger partial charge in [-0.2, -0.15) is 0 Å². The Bertz CT molecular complexity index is 656. The minimum absolute atomic E-state index is 0.604. The molecule has 0 spiro atoms. The van der Waals surface area contributed by atoms with Crippen molar-refractivity contribution in [2.24, 2.45) is 0 Å². The first-order valence-corrected chi connectivity index (χ1v) is 9.17. The lowest BCUT2D eigenvalue weighted by atomic mass is 10.00. The van der Waals surface area contributed by atoms with Crippen LogP contribution >= 0.6 is 0 Å². The number of nitrogens with zero attached hydrogens (tertiary/aromatic N) is 4. The fraction of sp³-hybridized carbons (Fsp3) is 0.500. The lowest BCUT2D eigenvalue weighted by Gasteiger charge is -2.36. The third-order valence-corrected chi connectivity index (χ3v) is 4.86. The first kappa shape index (κ1) is 16.7. The molecule has 0 aliphatic carbocycles. The topological polar surface area (TPSA) is 32.3 Å². The van der Waals surface area contributed by atoms with Crippen LogP contribution in [0.4, 0.5) is 17.3 Å². The highest BCUT2D eigenvalue weighted by molar-refractivity contribution is 5.63. The summed E-state index contributed by atoms with van der Waals surface area (Å²) in [6.07, 6.45) is 5.03. The molecule has 1 unspecified atom stereocenters. The lowest BCUT2D eigenvalue weighted by Crippen LogP contribution is -2.40. The molecule has 128 valence electrons. The van der Waals surface area contributed by atoms with Gasteiger partial charge < -0.3 is 9.80 Å². The summed E-state index contributed by atoms with van der Waals surface area (Å²) in [7, 11) is 0. The van der Waals surface area contributed by atoms with Crippen molar-refractivity contribution in [2.75, 3.05) is 22.9 Å². The Kier molecular flexibility index (Phi) is 5.34. The fourth-order valence-electron chi connectivity index (χ4n) is 3.63. The first-order chi connectivity index (χ1) is 11.7. The van der Waals surface area contributed by atoms with Crippen LogP contribution in [0.5, 0.6) is 0 Å². The zero-order valence-corrected chi connectivity index (χ0v) is 15.1. The molecule has 1 saturated heterocycles. The summed E-state index contributed by atoms with van der Waals surface area (Å²) < 4.78 is 0. The molecule has 0 amide bonds. The van der Waals surface area contributed by atoms with E-state index in [0.717, 1.165) is 30.5 Å². The van der Waals surface area contributed by atoms with Crippen LogP contribution in [0.2, 0.25) is 0 Å². The van der Waals surface area contributed by atoms with Crippen molar-refractivity contribution in [2.45, 2.75) is 52.5 Å². The fourth-order valence-corrected chi connectivity index (χ4v) is 3.63. The molecule has 4 heteroatoms. The molecule has 3 rings (SSSR count). The van der Waals surface area contributed by atoms with Crippen molar-refractivity contribution in [3.63, 3.8) is 0 Å². The van der Waals surface area contributed by atoms with E-state index in [9.17, 15) is 0 Å². The Morgan fingerprint density at radius 1 is 1.12 bits per heavy atom. The zero-order chi connectivity index (χ0) is 16.9. The Morgan fingerprint density at radius 3 is 2.62 bits per heavy atom. The summed E-state index contributed by atoms with van der Waals surface area (Å²) >= 11 is 0. The molecule has 1 atom stereocenters. The largest absolute Gasteiger partial charge is 0.353 e. The van der Waals surface area contributed by atoms with Crippen LogP contribution in [0.3, 0.4) is 0 Å². The minimum atomic E-state index is 0.604. The van der Waals surface area contributed by atoms with Gasteiger partial charge >= 0.3 is 0 Å². The molecule has 0 bridgehead atoms. The Morgan fingerprint density at radius 2 is 1.92 bits per heavy atom. The van der Waals surface area contributed by atoms with Gasteiger partial charge in [-0.25, -0.2) is 9.97 Å². The second-order valence-corrected chi connectivity index (χ2v) is 6.46. The van der Waals surface area contributed by atoms with E-state index in [2.05, 4.69) is 54.0 Å². The molecular formula is C20H28N4. The van der Waals surface area contributed by atoms with Gasteiger partial charge in [-0.1, -0.05) is 25.1 Å². The third-order valence-electron chi connectivity index (χ3n) is 4.86. The maximum atomic E-state index is 4.75. The standard InChI is InChI=1S/C20H28N4/c1-4-17-11-9-10-14-24(17)20-15-19(21-16(3)22-20)23(5-2)18-12-7-6-8-13-18/h6-8,12-13,15,17H,4-5,9-11,14H2,1-3H3. The van der Waals surface area contributed by atoms with Crippen LogP contribution in [0.15, 0.2) is 36.4 Å². The summed E-state index contributed by atoms with van der Waals surface area (Å²) in [6, 6.07) is 13.2. The number of benzene rings is 1. The number of anilines is 3. The molecule has 2 heterocycles. The van der Waals surface area contributed by atoms with Crippen LogP contribution in [0, 0.1) is 6.92 Å². The van der Waals surface area contributed by atoms with E-state index in [1.807, 2.05) is 13.0 Å². The summed E-state index contributed by atoms with van der Waals surface area (Å²) in [5, 5.41) is 0. The molecule has 0 N–H and O–H groups in total. The van der Waals surface area contributed by atoms with Gasteiger partial charge in [0.25, 0.3) is 0 Å². The molecule has 0 radical (unpaired) electrons. The van der Waals surface area contributed by atoms with Crippen molar-refractivity contribution in [3.05, 3.63) is 42.2 Å². The smallest absolute Gasteiger partial charge is 0.138 e. The van der Waals surface area contributed by atoms with E-state index in [1.54, 1.807) is 0 Å². The average molecular weight is 324 g/mol. The quantitative estimate of drug-likeness (QED) is 0.797. The highest BCUT2D eigenvalue weighted by atomic mass is 15.3. The van der Waals surface area contributed by atoms with E-state index >= 15 is 0 Å². The second kappa shape index (κ2) is 7.65. The third kappa shape index (κ3) is 3.53. The van der Waals surface area contributed by atoms with E-state index in [4.69, 9.17) is 9.97 Å². The number of aromatic nitrogens is 2. The van der Waals surface area contributed by atoms with Crippen molar-refractivity contribution in [1.82, 2.24) is 9.97 Å². The number of rotatable bonds is 5. The average Bonchev–Trinajstić information content (AvgIpc) is 2.63. The van der Waals surface area contributed by atoms with Gasteiger partial charge in [-0.3, -0.25) is 0 Å². The molecular weight excluding hydrogens is 296 g/mol. The predicted molar refractivity (Wildman–Crippen MR) is 101 cm³/mol. The highest BCUT2D eigenvalue weighted by Gasteiger charge is 2.23. The van der Waals surface area contributed by atoms with Gasteiger partial charge in [0.2, 0.25) is 0 Å². The zero-order valence-electron chi connectivity index (χ0n) is 15.1. The Labute approximate surface area is 145 Å². The van der Waals surface area contributed by atoms with Crippen molar-refractivity contribution in [1.29, 1.82) is 0 Å².